The molecule has 0 amide bonds. The molecular formula is C30H17NO2Se. The van der Waals surface area contributed by atoms with Gasteiger partial charge < -0.3 is 0 Å². The molecule has 3 nitrogen and oxygen atoms in total. The second kappa shape index (κ2) is 7.26. The van der Waals surface area contributed by atoms with Crippen molar-refractivity contribution in [1.29, 1.82) is 0 Å². The molecule has 0 bridgehead atoms. The number of carbonyl (C=O) groups excluding carboxylic acids is 2. The molecule has 160 valence electrons. The van der Waals surface area contributed by atoms with Crippen LogP contribution in [0.3, 0.4) is 0 Å². The van der Waals surface area contributed by atoms with Gasteiger partial charge in [0.2, 0.25) is 0 Å². The predicted molar refractivity (Wildman–Crippen MR) is 138 cm³/mol. The Morgan fingerprint density at radius 2 is 1.26 bits per heavy atom. The molecule has 4 aromatic carbocycles. The van der Waals surface area contributed by atoms with Crippen molar-refractivity contribution in [2.75, 3.05) is 0 Å². The summed E-state index contributed by atoms with van der Waals surface area (Å²) in [5.41, 5.74) is 3.60. The minimum absolute atomic E-state index is 0.0305. The van der Waals surface area contributed by atoms with Gasteiger partial charge >= 0.3 is 202 Å². The van der Waals surface area contributed by atoms with Gasteiger partial charge in [0.15, 0.2) is 0 Å². The van der Waals surface area contributed by atoms with E-state index >= 15 is 0 Å². The normalized spacial score (nSPS) is 13.4. The summed E-state index contributed by atoms with van der Waals surface area (Å²) >= 11 is -0.0305. The summed E-state index contributed by atoms with van der Waals surface area (Å²) in [7, 11) is 0. The molecule has 0 aliphatic heterocycles. The fourth-order valence-corrected chi connectivity index (χ4v) is 7.37. The second-order valence-corrected chi connectivity index (χ2v) is 10.7. The summed E-state index contributed by atoms with van der Waals surface area (Å²) in [6, 6.07) is 32.5. The number of hydrogen-bond donors (Lipinski definition) is 0. The summed E-state index contributed by atoms with van der Waals surface area (Å²) in [6.07, 6.45) is 1.83. The van der Waals surface area contributed by atoms with Gasteiger partial charge in [-0.25, -0.2) is 0 Å². The van der Waals surface area contributed by atoms with Crippen molar-refractivity contribution in [2.24, 2.45) is 0 Å². The van der Waals surface area contributed by atoms with Crippen LogP contribution in [0.4, 0.5) is 0 Å². The fourth-order valence-electron chi connectivity index (χ4n) is 4.95. The summed E-state index contributed by atoms with van der Waals surface area (Å²) in [5.74, 6) is -0.343. The van der Waals surface area contributed by atoms with E-state index in [0.29, 0.717) is 11.1 Å². The molecule has 4 heteroatoms. The summed E-state index contributed by atoms with van der Waals surface area (Å²) in [4.78, 5) is 26.5. The van der Waals surface area contributed by atoms with Crippen molar-refractivity contribution >= 4 is 63.6 Å². The molecule has 0 N–H and O–H groups in total. The first kappa shape index (κ1) is 19.5. The number of hydrogen-bond acceptors (Lipinski definition) is 2. The van der Waals surface area contributed by atoms with Crippen molar-refractivity contribution in [3.8, 4) is 5.69 Å². The van der Waals surface area contributed by atoms with Crippen LogP contribution in [-0.2, 0) is 0 Å². The number of benzene rings is 4. The van der Waals surface area contributed by atoms with E-state index in [2.05, 4.69) is 47.0 Å². The fraction of sp³-hybridized carbons (Fsp3) is 0. The monoisotopic (exact) mass is 503 g/mol. The molecule has 1 aliphatic rings. The Hall–Kier alpha value is -3.98. The molecule has 1 aliphatic carbocycles. The second-order valence-electron chi connectivity index (χ2n) is 8.52. The summed E-state index contributed by atoms with van der Waals surface area (Å²) in [6.45, 7) is 0. The maximum atomic E-state index is 13.2. The van der Waals surface area contributed by atoms with Crippen molar-refractivity contribution in [3.05, 3.63) is 118 Å². The van der Waals surface area contributed by atoms with Gasteiger partial charge in [-0.3, -0.25) is 0 Å². The van der Waals surface area contributed by atoms with Crippen LogP contribution in [0.2, 0.25) is 0 Å². The first-order valence-corrected chi connectivity index (χ1v) is 12.8. The van der Waals surface area contributed by atoms with Crippen LogP contribution in [-0.4, -0.2) is 30.6 Å². The molecular weight excluding hydrogens is 485 g/mol. The van der Waals surface area contributed by atoms with Gasteiger partial charge in [0.1, 0.15) is 0 Å². The number of fused-ring (bicyclic) bond motifs is 5. The number of Topliss-reactive ketones (excluding diaryl/α,β-unsaturated/α-hetero) is 2. The zero-order valence-corrected chi connectivity index (χ0v) is 19.7. The Balaban J connectivity index is 1.41. The average Bonchev–Trinajstić information content (AvgIpc) is 3.49. The predicted octanol–water partition coefficient (Wildman–Crippen LogP) is 6.46. The number of allylic oxidation sites excluding steroid dienone is 1. The molecule has 2 heterocycles. The van der Waals surface area contributed by atoms with Crippen molar-refractivity contribution in [2.45, 2.75) is 0 Å². The van der Waals surface area contributed by atoms with E-state index in [-0.39, 0.29) is 31.6 Å². The molecule has 0 fully saturated rings. The van der Waals surface area contributed by atoms with Gasteiger partial charge in [0, 0.05) is 0 Å². The number of carbonyl (C=O) groups is 2. The Labute approximate surface area is 201 Å². The topological polar surface area (TPSA) is 39.1 Å². The minimum atomic E-state index is -0.171. The van der Waals surface area contributed by atoms with Crippen molar-refractivity contribution in [3.63, 3.8) is 0 Å². The van der Waals surface area contributed by atoms with Crippen molar-refractivity contribution < 1.29 is 9.59 Å². The molecule has 0 spiro atoms. The van der Waals surface area contributed by atoms with Gasteiger partial charge in [0.25, 0.3) is 0 Å². The standard InChI is InChI=1S/C30H17NO2Se/c32-28-23-14-18-8-4-5-9-19(18)15-24(23)29(33)26(28)17-21-16-25-22-12-6-7-13-27(22)31(30(25)34-21)20-10-2-1-3-11-20/h1-17H. The van der Waals surface area contributed by atoms with Crippen LogP contribution in [0.5, 0.6) is 0 Å². The summed E-state index contributed by atoms with van der Waals surface area (Å²) in [5, 5.41) is 4.33. The third-order valence-corrected chi connectivity index (χ3v) is 8.77. The molecule has 0 saturated heterocycles. The number of ketones is 2. The molecule has 0 atom stereocenters. The van der Waals surface area contributed by atoms with E-state index in [1.165, 1.54) is 20.7 Å². The zero-order chi connectivity index (χ0) is 22.8. The van der Waals surface area contributed by atoms with Crippen LogP contribution >= 0.6 is 0 Å². The Morgan fingerprint density at radius 1 is 0.647 bits per heavy atom. The van der Waals surface area contributed by atoms with E-state index in [1.807, 2.05) is 60.7 Å². The van der Waals surface area contributed by atoms with E-state index < -0.39 is 0 Å². The molecule has 0 unspecified atom stereocenters. The molecule has 6 aromatic rings. The number of para-hydroxylation sites is 2. The molecule has 2 aromatic heterocycles. The van der Waals surface area contributed by atoms with Gasteiger partial charge in [-0.2, -0.15) is 0 Å². The number of aromatic nitrogens is 1. The zero-order valence-electron chi connectivity index (χ0n) is 18.0. The van der Waals surface area contributed by atoms with Crippen LogP contribution < -0.4 is 0 Å². The van der Waals surface area contributed by atoms with E-state index in [4.69, 9.17) is 0 Å². The number of nitrogens with zero attached hydrogens (tertiary/aromatic N) is 1. The first-order valence-electron chi connectivity index (χ1n) is 11.1. The van der Waals surface area contributed by atoms with E-state index in [9.17, 15) is 9.59 Å². The Kier molecular flexibility index (Phi) is 4.16. The van der Waals surface area contributed by atoms with Gasteiger partial charge in [-0.05, 0) is 0 Å². The van der Waals surface area contributed by atoms with Crippen LogP contribution in [0.25, 0.3) is 43.2 Å². The van der Waals surface area contributed by atoms with Crippen LogP contribution in [0.15, 0.2) is 103 Å². The van der Waals surface area contributed by atoms with Gasteiger partial charge in [-0.1, -0.05) is 0 Å². The number of rotatable bonds is 2. The third kappa shape index (κ3) is 2.76. The van der Waals surface area contributed by atoms with Gasteiger partial charge in [0.05, 0.1) is 0 Å². The quantitative estimate of drug-likeness (QED) is 0.155. The molecule has 0 saturated carbocycles. The SMILES string of the molecule is O=C1C(=Cc2cc3c4ccccc4n(-c4ccccc4)c3[se]2)C(=O)c2cc3ccccc3cc21. The van der Waals surface area contributed by atoms with E-state index in [1.54, 1.807) is 0 Å². The Morgan fingerprint density at radius 3 is 1.97 bits per heavy atom. The maximum absolute atomic E-state index is 13.2. The first-order chi connectivity index (χ1) is 16.7. The molecule has 34 heavy (non-hydrogen) atoms. The average molecular weight is 502 g/mol. The summed E-state index contributed by atoms with van der Waals surface area (Å²) < 4.78 is 4.60. The molecule has 0 radical (unpaired) electrons. The Bertz CT molecular complexity index is 1780. The molecule has 7 rings (SSSR count). The van der Waals surface area contributed by atoms with Crippen molar-refractivity contribution in [1.82, 2.24) is 4.57 Å². The van der Waals surface area contributed by atoms with Crippen LogP contribution in [0, 0.1) is 0 Å². The van der Waals surface area contributed by atoms with E-state index in [0.717, 1.165) is 20.9 Å². The van der Waals surface area contributed by atoms with Crippen LogP contribution in [0.1, 0.15) is 25.2 Å². The van der Waals surface area contributed by atoms with Gasteiger partial charge in [-0.15, -0.1) is 0 Å². The third-order valence-electron chi connectivity index (χ3n) is 6.54.